The molecule has 0 spiro atoms. The summed E-state index contributed by atoms with van der Waals surface area (Å²) >= 11 is 0. The predicted octanol–water partition coefficient (Wildman–Crippen LogP) is 1.78. The van der Waals surface area contributed by atoms with Crippen LogP contribution in [0.4, 0.5) is 4.79 Å². The molecule has 0 unspecified atom stereocenters. The number of aliphatic carboxylic acids is 1. The zero-order chi connectivity index (χ0) is 13.4. The third kappa shape index (κ3) is 3.61. The number of carbonyl (C=O) groups is 2. The van der Waals surface area contributed by atoms with E-state index in [9.17, 15) is 9.59 Å². The molecule has 0 aromatic heterocycles. The molecule has 0 aromatic rings. The quantitative estimate of drug-likeness (QED) is 0.764. The van der Waals surface area contributed by atoms with E-state index >= 15 is 0 Å². The molecule has 0 aliphatic heterocycles. The van der Waals surface area contributed by atoms with Gasteiger partial charge >= 0.3 is 12.0 Å². The zero-order valence-electron chi connectivity index (χ0n) is 11.3. The molecule has 3 aliphatic rings. The molecule has 0 atom stereocenters. The summed E-state index contributed by atoms with van der Waals surface area (Å²) in [4.78, 5) is 27.0. The summed E-state index contributed by atoms with van der Waals surface area (Å²) in [5.74, 6) is 0.290. The maximum atomic E-state index is 12.6. The average molecular weight is 266 g/mol. The second kappa shape index (κ2) is 5.02. The third-order valence-electron chi connectivity index (χ3n) is 4.16. The molecule has 3 fully saturated rings. The van der Waals surface area contributed by atoms with Crippen LogP contribution < -0.4 is 0 Å². The van der Waals surface area contributed by atoms with Crippen LogP contribution in [-0.4, -0.2) is 52.6 Å². The Hall–Kier alpha value is -1.26. The van der Waals surface area contributed by atoms with E-state index in [-0.39, 0.29) is 12.6 Å². The number of carbonyl (C=O) groups excluding carboxylic acids is 1. The molecule has 0 aromatic carbocycles. The van der Waals surface area contributed by atoms with Gasteiger partial charge in [0.1, 0.15) is 6.54 Å². The van der Waals surface area contributed by atoms with Crippen LogP contribution in [0, 0.1) is 11.8 Å². The van der Waals surface area contributed by atoms with Crippen molar-refractivity contribution < 1.29 is 14.7 Å². The van der Waals surface area contributed by atoms with Gasteiger partial charge in [-0.1, -0.05) is 0 Å². The van der Waals surface area contributed by atoms with Crippen molar-refractivity contribution in [3.8, 4) is 0 Å². The van der Waals surface area contributed by atoms with Gasteiger partial charge in [0.2, 0.25) is 0 Å². The molecule has 1 N–H and O–H groups in total. The largest absolute Gasteiger partial charge is 0.480 e. The molecule has 3 rings (SSSR count). The standard InChI is InChI=1S/C14H22N2O3/c17-13(18)9-15(7-10-1-2-10)14(19)16(12-5-6-12)8-11-3-4-11/h10-12H,1-9H2,(H,17,18). The molecule has 0 saturated heterocycles. The highest BCUT2D eigenvalue weighted by molar-refractivity contribution is 5.80. The van der Waals surface area contributed by atoms with Crippen molar-refractivity contribution in [2.45, 2.75) is 44.6 Å². The summed E-state index contributed by atoms with van der Waals surface area (Å²) in [6.07, 6.45) is 6.88. The first-order chi connectivity index (χ1) is 9.13. The number of hydrogen-bond donors (Lipinski definition) is 1. The maximum absolute atomic E-state index is 12.6. The van der Waals surface area contributed by atoms with E-state index in [1.54, 1.807) is 4.90 Å². The highest BCUT2D eigenvalue weighted by Gasteiger charge is 2.39. The van der Waals surface area contributed by atoms with E-state index in [0.29, 0.717) is 24.4 Å². The Morgan fingerprint density at radius 2 is 1.53 bits per heavy atom. The van der Waals surface area contributed by atoms with Crippen LogP contribution in [0.2, 0.25) is 0 Å². The van der Waals surface area contributed by atoms with Crippen molar-refractivity contribution in [3.05, 3.63) is 0 Å². The van der Waals surface area contributed by atoms with Crippen molar-refractivity contribution >= 4 is 12.0 Å². The van der Waals surface area contributed by atoms with Crippen LogP contribution in [-0.2, 0) is 4.79 Å². The number of amides is 2. The van der Waals surface area contributed by atoms with Crippen LogP contribution in [0.25, 0.3) is 0 Å². The van der Waals surface area contributed by atoms with E-state index in [2.05, 4.69) is 0 Å². The lowest BCUT2D eigenvalue weighted by atomic mass is 10.3. The zero-order valence-corrected chi connectivity index (χ0v) is 11.3. The Morgan fingerprint density at radius 3 is 2.00 bits per heavy atom. The van der Waals surface area contributed by atoms with Crippen molar-refractivity contribution in [3.63, 3.8) is 0 Å². The third-order valence-corrected chi connectivity index (χ3v) is 4.16. The first kappa shape index (κ1) is 12.8. The Morgan fingerprint density at radius 1 is 0.947 bits per heavy atom. The van der Waals surface area contributed by atoms with Gasteiger partial charge < -0.3 is 14.9 Å². The Labute approximate surface area is 113 Å². The van der Waals surface area contributed by atoms with Crippen molar-refractivity contribution in [1.29, 1.82) is 0 Å². The van der Waals surface area contributed by atoms with Gasteiger partial charge in [0.05, 0.1) is 0 Å². The van der Waals surface area contributed by atoms with E-state index in [1.165, 1.54) is 12.8 Å². The van der Waals surface area contributed by atoms with Crippen LogP contribution >= 0.6 is 0 Å². The lowest BCUT2D eigenvalue weighted by molar-refractivity contribution is -0.137. The maximum Gasteiger partial charge on any atom is 0.323 e. The summed E-state index contributed by atoms with van der Waals surface area (Å²) in [5, 5.41) is 8.98. The van der Waals surface area contributed by atoms with E-state index < -0.39 is 5.97 Å². The molecule has 5 heteroatoms. The number of carboxylic acid groups (broad SMARTS) is 1. The van der Waals surface area contributed by atoms with Crippen LogP contribution in [0.1, 0.15) is 38.5 Å². The van der Waals surface area contributed by atoms with Crippen LogP contribution in [0.5, 0.6) is 0 Å². The molecule has 3 saturated carbocycles. The van der Waals surface area contributed by atoms with Crippen molar-refractivity contribution in [2.75, 3.05) is 19.6 Å². The summed E-state index contributed by atoms with van der Waals surface area (Å²) in [7, 11) is 0. The van der Waals surface area contributed by atoms with E-state index in [0.717, 1.165) is 32.2 Å². The minimum Gasteiger partial charge on any atom is -0.480 e. The Balaban J connectivity index is 1.62. The van der Waals surface area contributed by atoms with E-state index in [4.69, 9.17) is 5.11 Å². The minimum atomic E-state index is -0.906. The van der Waals surface area contributed by atoms with Gasteiger partial charge in [-0.3, -0.25) is 4.79 Å². The summed E-state index contributed by atoms with van der Waals surface area (Å²) in [5.41, 5.74) is 0. The van der Waals surface area contributed by atoms with Gasteiger partial charge in [-0.15, -0.1) is 0 Å². The van der Waals surface area contributed by atoms with Crippen molar-refractivity contribution in [2.24, 2.45) is 11.8 Å². The fourth-order valence-corrected chi connectivity index (χ4v) is 2.52. The molecule has 106 valence electrons. The highest BCUT2D eigenvalue weighted by atomic mass is 16.4. The van der Waals surface area contributed by atoms with E-state index in [1.807, 2.05) is 4.90 Å². The van der Waals surface area contributed by atoms with Crippen LogP contribution in [0.15, 0.2) is 0 Å². The first-order valence-corrected chi connectivity index (χ1v) is 7.41. The normalized spacial score (nSPS) is 22.1. The summed E-state index contributed by atoms with van der Waals surface area (Å²) in [6.45, 7) is 1.31. The summed E-state index contributed by atoms with van der Waals surface area (Å²) < 4.78 is 0. The summed E-state index contributed by atoms with van der Waals surface area (Å²) in [6, 6.07) is 0.340. The Kier molecular flexibility index (Phi) is 3.37. The van der Waals surface area contributed by atoms with Gasteiger partial charge in [-0.2, -0.15) is 0 Å². The smallest absolute Gasteiger partial charge is 0.323 e. The van der Waals surface area contributed by atoms with Gasteiger partial charge in [0.15, 0.2) is 0 Å². The average Bonchev–Trinajstić information content (AvgIpc) is 3.21. The molecule has 5 nitrogen and oxygen atoms in total. The molecule has 19 heavy (non-hydrogen) atoms. The second-order valence-electron chi connectivity index (χ2n) is 6.33. The molecular weight excluding hydrogens is 244 g/mol. The molecular formula is C14H22N2O3. The number of rotatable bonds is 7. The topological polar surface area (TPSA) is 60.9 Å². The number of nitrogens with zero attached hydrogens (tertiary/aromatic N) is 2. The second-order valence-corrected chi connectivity index (χ2v) is 6.33. The predicted molar refractivity (Wildman–Crippen MR) is 69.8 cm³/mol. The number of urea groups is 1. The Bertz CT molecular complexity index is 373. The van der Waals surface area contributed by atoms with Gasteiger partial charge in [-0.05, 0) is 50.4 Å². The lowest BCUT2D eigenvalue weighted by Gasteiger charge is -2.30. The van der Waals surface area contributed by atoms with Gasteiger partial charge in [0, 0.05) is 19.1 Å². The lowest BCUT2D eigenvalue weighted by Crippen LogP contribution is -2.47. The van der Waals surface area contributed by atoms with Crippen molar-refractivity contribution in [1.82, 2.24) is 9.80 Å². The van der Waals surface area contributed by atoms with Gasteiger partial charge in [-0.25, -0.2) is 4.79 Å². The fourth-order valence-electron chi connectivity index (χ4n) is 2.52. The highest BCUT2D eigenvalue weighted by Crippen LogP contribution is 2.36. The molecule has 3 aliphatic carbocycles. The molecule has 0 bridgehead atoms. The minimum absolute atomic E-state index is 0.0382. The SMILES string of the molecule is O=C(O)CN(CC1CC1)C(=O)N(CC1CC1)C1CC1. The molecule has 0 radical (unpaired) electrons. The fraction of sp³-hybridized carbons (Fsp3) is 0.857. The number of carboxylic acids is 1. The monoisotopic (exact) mass is 266 g/mol. The first-order valence-electron chi connectivity index (χ1n) is 7.41. The molecule has 0 heterocycles. The number of hydrogen-bond acceptors (Lipinski definition) is 2. The molecule has 2 amide bonds. The van der Waals surface area contributed by atoms with Gasteiger partial charge in [0.25, 0.3) is 0 Å². The van der Waals surface area contributed by atoms with Crippen LogP contribution in [0.3, 0.4) is 0 Å².